The third kappa shape index (κ3) is 6.06. The lowest BCUT2D eigenvalue weighted by Gasteiger charge is -2.20. The fourth-order valence-corrected chi connectivity index (χ4v) is 9.06. The normalized spacial score (nSPS) is 12.5. The van der Waals surface area contributed by atoms with Crippen molar-refractivity contribution in [2.24, 2.45) is 0 Å². The summed E-state index contributed by atoms with van der Waals surface area (Å²) < 4.78 is 48.9. The first-order valence-corrected chi connectivity index (χ1v) is 20.9. The highest BCUT2D eigenvalue weighted by Gasteiger charge is 2.26. The molecule has 6 nitrogen and oxygen atoms in total. The minimum absolute atomic E-state index is 0.0945. The second-order valence-corrected chi connectivity index (χ2v) is 15.5. The van der Waals surface area contributed by atoms with E-state index in [1.54, 1.807) is 12.1 Å². The number of benzene rings is 9. The fourth-order valence-electron chi connectivity index (χ4n) is 9.06. The van der Waals surface area contributed by atoms with Crippen molar-refractivity contribution in [1.82, 2.24) is 24.1 Å². The van der Waals surface area contributed by atoms with Crippen molar-refractivity contribution in [3.8, 4) is 73.9 Å². The van der Waals surface area contributed by atoms with Gasteiger partial charge in [0, 0.05) is 43.8 Å². The van der Waals surface area contributed by atoms with E-state index in [0.717, 1.165) is 71.4 Å². The monoisotopic (exact) mass is 821 g/mol. The van der Waals surface area contributed by atoms with Gasteiger partial charge < -0.3 is 4.57 Å². The second-order valence-electron chi connectivity index (χ2n) is 15.5. The molecule has 3 heterocycles. The Balaban J connectivity index is 1.23. The number of nitrogens with zero attached hydrogens (tertiary/aromatic N) is 6. The lowest BCUT2D eigenvalue weighted by molar-refractivity contribution is 0.953. The van der Waals surface area contributed by atoms with E-state index in [0.29, 0.717) is 40.0 Å². The summed E-state index contributed by atoms with van der Waals surface area (Å²) in [6.45, 7) is 0. The second kappa shape index (κ2) is 15.2. The van der Waals surface area contributed by atoms with Crippen molar-refractivity contribution >= 4 is 43.6 Å². The van der Waals surface area contributed by atoms with Gasteiger partial charge in [-0.15, -0.1) is 0 Å². The molecule has 0 atom stereocenters. The van der Waals surface area contributed by atoms with Crippen molar-refractivity contribution < 1.29 is 6.85 Å². The molecule has 0 radical (unpaired) electrons. The van der Waals surface area contributed by atoms with E-state index in [1.807, 2.05) is 115 Å². The first kappa shape index (κ1) is 31.9. The molecule has 64 heavy (non-hydrogen) atoms. The Kier molecular flexibility index (Phi) is 7.58. The quantitative estimate of drug-likeness (QED) is 0.160. The molecule has 0 unspecified atom stereocenters. The predicted molar refractivity (Wildman–Crippen MR) is 260 cm³/mol. The van der Waals surface area contributed by atoms with E-state index in [9.17, 15) is 8.00 Å². The van der Waals surface area contributed by atoms with Gasteiger partial charge in [-0.05, 0) is 46.5 Å². The summed E-state index contributed by atoms with van der Waals surface area (Å²) >= 11 is 0. The SMILES string of the molecule is [2H]c1c([2H])c([2H])c(-c2cccc(-c3ccccc3)c2-n2c3ccccc3c3ccc4c5ccccc5n(-c5nc(-c6ccc(-c7ccccc7)cc6)nc(-c6cccc(C#N)c6)n5)c4c32)c([2H])c1[2H]. The maximum Gasteiger partial charge on any atom is 0.238 e. The van der Waals surface area contributed by atoms with E-state index in [1.165, 1.54) is 0 Å². The number of hydrogen-bond acceptors (Lipinski definition) is 4. The highest BCUT2D eigenvalue weighted by Crippen LogP contribution is 2.45. The van der Waals surface area contributed by atoms with Crippen molar-refractivity contribution in [2.45, 2.75) is 0 Å². The van der Waals surface area contributed by atoms with Gasteiger partial charge in [-0.25, -0.2) is 4.98 Å². The average Bonchev–Trinajstić information content (AvgIpc) is 3.93. The van der Waals surface area contributed by atoms with E-state index in [2.05, 4.69) is 75.9 Å². The molecule has 0 bridgehead atoms. The zero-order valence-corrected chi connectivity index (χ0v) is 34.1. The van der Waals surface area contributed by atoms with Gasteiger partial charge in [0.25, 0.3) is 0 Å². The third-order valence-corrected chi connectivity index (χ3v) is 11.9. The molecule has 298 valence electrons. The lowest BCUT2D eigenvalue weighted by atomic mass is 9.95. The molecule has 12 aromatic rings. The number of rotatable bonds is 7. The van der Waals surface area contributed by atoms with Crippen LogP contribution in [0.3, 0.4) is 0 Å². The van der Waals surface area contributed by atoms with Crippen LogP contribution < -0.4 is 0 Å². The van der Waals surface area contributed by atoms with Crippen LogP contribution >= 0.6 is 0 Å². The molecule has 0 spiro atoms. The highest BCUT2D eigenvalue weighted by atomic mass is 15.2. The van der Waals surface area contributed by atoms with Crippen molar-refractivity contribution in [1.29, 1.82) is 5.26 Å². The van der Waals surface area contributed by atoms with Crippen LogP contribution in [-0.4, -0.2) is 24.1 Å². The smallest absolute Gasteiger partial charge is 0.238 e. The first-order chi connectivity index (χ1) is 33.8. The summed E-state index contributed by atoms with van der Waals surface area (Å²) in [5.74, 6) is 1.17. The molecular weight excluding hydrogens is 781 g/mol. The van der Waals surface area contributed by atoms with Gasteiger partial charge in [0.1, 0.15) is 0 Å². The van der Waals surface area contributed by atoms with Gasteiger partial charge >= 0.3 is 0 Å². The van der Waals surface area contributed by atoms with Crippen LogP contribution in [0.1, 0.15) is 12.4 Å². The predicted octanol–water partition coefficient (Wildman–Crippen LogP) is 14.3. The zero-order chi connectivity index (χ0) is 46.9. The van der Waals surface area contributed by atoms with Gasteiger partial charge in [-0.1, -0.05) is 194 Å². The molecule has 12 rings (SSSR count). The number of nitriles is 1. The molecule has 0 aliphatic rings. The third-order valence-electron chi connectivity index (χ3n) is 11.9. The van der Waals surface area contributed by atoms with Crippen molar-refractivity contribution in [3.63, 3.8) is 0 Å². The molecule has 0 saturated heterocycles. The van der Waals surface area contributed by atoms with Gasteiger partial charge in [0.05, 0.1) is 46.2 Å². The van der Waals surface area contributed by atoms with Crippen molar-refractivity contribution in [3.05, 3.63) is 224 Å². The summed E-state index contributed by atoms with van der Waals surface area (Å²) in [6, 6.07) is 62.2. The lowest BCUT2D eigenvalue weighted by Crippen LogP contribution is -2.07. The Bertz CT molecular complexity index is 4050. The van der Waals surface area contributed by atoms with E-state index in [-0.39, 0.29) is 17.6 Å². The Labute approximate surface area is 376 Å². The molecule has 0 amide bonds. The molecule has 0 fully saturated rings. The Hall–Kier alpha value is -8.92. The van der Waals surface area contributed by atoms with Gasteiger partial charge in [0.15, 0.2) is 11.6 Å². The van der Waals surface area contributed by atoms with Crippen LogP contribution in [-0.2, 0) is 0 Å². The summed E-state index contributed by atoms with van der Waals surface area (Å²) in [5, 5.41) is 13.7. The molecular formula is C58H36N6. The maximum atomic E-state index is 9.98. The summed E-state index contributed by atoms with van der Waals surface area (Å²) in [6.07, 6.45) is 0. The van der Waals surface area contributed by atoms with E-state index >= 15 is 0 Å². The minimum atomic E-state index is -0.458. The largest absolute Gasteiger partial charge is 0.306 e. The average molecular weight is 822 g/mol. The molecule has 0 saturated carbocycles. The number of fused-ring (bicyclic) bond motifs is 7. The molecule has 0 aliphatic heterocycles. The first-order valence-electron chi connectivity index (χ1n) is 23.4. The number of para-hydroxylation sites is 3. The van der Waals surface area contributed by atoms with Crippen LogP contribution in [0.15, 0.2) is 218 Å². The molecule has 0 aliphatic carbocycles. The zero-order valence-electron chi connectivity index (χ0n) is 39.1. The minimum Gasteiger partial charge on any atom is -0.306 e. The van der Waals surface area contributed by atoms with Crippen LogP contribution in [0.5, 0.6) is 0 Å². The highest BCUT2D eigenvalue weighted by molar-refractivity contribution is 6.24. The number of aromatic nitrogens is 5. The van der Waals surface area contributed by atoms with Gasteiger partial charge in [-0.2, -0.15) is 15.2 Å². The fraction of sp³-hybridized carbons (Fsp3) is 0. The summed E-state index contributed by atoms with van der Waals surface area (Å²) in [7, 11) is 0. The Morgan fingerprint density at radius 3 is 1.59 bits per heavy atom. The van der Waals surface area contributed by atoms with Crippen LogP contribution in [0.2, 0.25) is 0 Å². The molecule has 6 heteroatoms. The standard InChI is InChI=1S/C58H36N6/c59-37-38-16-14-23-44(36-38)57-60-56(43-32-30-40(31-33-43)39-17-4-1-5-18-39)61-58(62-57)64-52-29-13-11-25-48(52)50-35-34-49-47-24-10-12-28-51(47)63(54(49)55(50)64)53-45(41-19-6-2-7-20-41)26-15-27-46(53)42-21-8-3-9-22-42/h1-36H/i2D,6D,7D,19D,20D. The Morgan fingerprint density at radius 1 is 0.406 bits per heavy atom. The van der Waals surface area contributed by atoms with Crippen LogP contribution in [0, 0.1) is 11.3 Å². The van der Waals surface area contributed by atoms with Crippen molar-refractivity contribution in [2.75, 3.05) is 0 Å². The van der Waals surface area contributed by atoms with Gasteiger partial charge in [-0.3, -0.25) is 4.57 Å². The molecule has 3 aromatic heterocycles. The van der Waals surface area contributed by atoms with E-state index in [4.69, 9.17) is 19.1 Å². The van der Waals surface area contributed by atoms with Gasteiger partial charge in [0.2, 0.25) is 5.95 Å². The van der Waals surface area contributed by atoms with Crippen LogP contribution in [0.4, 0.5) is 0 Å². The maximum absolute atomic E-state index is 9.98. The molecule has 9 aromatic carbocycles. The van der Waals surface area contributed by atoms with Crippen LogP contribution in [0.25, 0.3) is 111 Å². The number of hydrogen-bond donors (Lipinski definition) is 0. The Morgan fingerprint density at radius 2 is 0.922 bits per heavy atom. The molecule has 0 N–H and O–H groups in total. The topological polar surface area (TPSA) is 72.3 Å². The summed E-state index contributed by atoms with van der Waals surface area (Å²) in [5.41, 5.74) is 10.2. The van der Waals surface area contributed by atoms with E-state index < -0.39 is 18.1 Å². The summed E-state index contributed by atoms with van der Waals surface area (Å²) in [4.78, 5) is 15.7.